The van der Waals surface area contributed by atoms with E-state index in [1.165, 1.54) is 38.5 Å². The summed E-state index contributed by atoms with van der Waals surface area (Å²) in [5, 5.41) is 0. The Hall–Kier alpha value is -1.58. The van der Waals surface area contributed by atoms with Gasteiger partial charge in [-0.1, -0.05) is 53.7 Å². The first-order valence-corrected chi connectivity index (χ1v) is 20.5. The maximum atomic E-state index is 14.3. The fraction of sp³-hybridized carbons (Fsp3) is 0.864. The van der Waals surface area contributed by atoms with Gasteiger partial charge < -0.3 is 0 Å². The van der Waals surface area contributed by atoms with Gasteiger partial charge >= 0.3 is 0 Å². The number of ketones is 4. The summed E-state index contributed by atoms with van der Waals surface area (Å²) in [5.74, 6) is 7.50. The summed E-state index contributed by atoms with van der Waals surface area (Å²) in [6.45, 7) is 14.3. The average molecular weight is 657 g/mol. The van der Waals surface area contributed by atoms with E-state index in [1.807, 2.05) is 0 Å². The normalized spacial score (nSPS) is 53.0. The zero-order valence-electron chi connectivity index (χ0n) is 31.0. The number of hydrogen-bond donors (Lipinski definition) is 0. The molecule has 4 heteroatoms. The van der Waals surface area contributed by atoms with Crippen molar-refractivity contribution in [2.45, 2.75) is 144 Å². The van der Waals surface area contributed by atoms with Crippen molar-refractivity contribution in [3.05, 3.63) is 12.2 Å². The summed E-state index contributed by atoms with van der Waals surface area (Å²) in [7, 11) is 0. The summed E-state index contributed by atoms with van der Waals surface area (Å²) in [4.78, 5) is 53.4. The lowest BCUT2D eigenvalue weighted by atomic mass is 9.44. The Balaban J connectivity index is 0.967. The molecule has 48 heavy (non-hydrogen) atoms. The molecular weight excluding hydrogens is 592 g/mol. The molecule has 0 heterocycles. The first kappa shape index (κ1) is 33.6. The Labute approximate surface area is 290 Å². The minimum atomic E-state index is -0.237. The molecule has 0 spiro atoms. The molecule has 0 aromatic carbocycles. The lowest BCUT2D eigenvalue weighted by Gasteiger charge is -2.59. The van der Waals surface area contributed by atoms with E-state index in [0.717, 1.165) is 51.4 Å². The molecule has 2 unspecified atom stereocenters. The number of rotatable bonds is 4. The zero-order chi connectivity index (χ0) is 34.0. The molecule has 0 bridgehead atoms. The van der Waals surface area contributed by atoms with E-state index in [4.69, 9.17) is 0 Å². The van der Waals surface area contributed by atoms with Gasteiger partial charge in [0, 0.05) is 49.4 Å². The number of allylic oxidation sites excluding steroid dienone is 2. The summed E-state index contributed by atoms with van der Waals surface area (Å²) in [6.07, 6.45) is 20.7. The molecule has 4 nitrogen and oxygen atoms in total. The molecule has 264 valence electrons. The third-order valence-electron chi connectivity index (χ3n) is 18.8. The maximum Gasteiger partial charge on any atom is 0.139 e. The molecule has 0 aromatic heterocycles. The van der Waals surface area contributed by atoms with Crippen molar-refractivity contribution in [3.63, 3.8) is 0 Å². The molecule has 16 atom stereocenters. The molecule has 8 fully saturated rings. The third-order valence-corrected chi connectivity index (χ3v) is 18.8. The molecule has 8 saturated carbocycles. The van der Waals surface area contributed by atoms with Gasteiger partial charge in [0.1, 0.15) is 23.1 Å². The Kier molecular flexibility index (Phi) is 8.01. The van der Waals surface area contributed by atoms with Crippen molar-refractivity contribution in [1.82, 2.24) is 0 Å². The van der Waals surface area contributed by atoms with Gasteiger partial charge in [0.05, 0.1) is 0 Å². The van der Waals surface area contributed by atoms with E-state index in [2.05, 4.69) is 53.7 Å². The van der Waals surface area contributed by atoms with Crippen molar-refractivity contribution in [3.8, 4) is 0 Å². The molecule has 0 aromatic rings. The van der Waals surface area contributed by atoms with Crippen LogP contribution in [0.3, 0.4) is 0 Å². The minimum absolute atomic E-state index is 0.158. The fourth-order valence-electron chi connectivity index (χ4n) is 15.9. The van der Waals surface area contributed by atoms with Crippen LogP contribution in [-0.2, 0) is 19.2 Å². The van der Waals surface area contributed by atoms with E-state index in [-0.39, 0.29) is 21.7 Å². The summed E-state index contributed by atoms with van der Waals surface area (Å²) in [5.41, 5.74) is -0.158. The monoisotopic (exact) mass is 656 g/mol. The summed E-state index contributed by atoms with van der Waals surface area (Å²) in [6, 6.07) is 0. The Morgan fingerprint density at radius 1 is 0.521 bits per heavy atom. The maximum absolute atomic E-state index is 14.3. The van der Waals surface area contributed by atoms with Gasteiger partial charge in [0.2, 0.25) is 0 Å². The first-order chi connectivity index (χ1) is 22.7. The highest BCUT2D eigenvalue weighted by atomic mass is 16.1. The highest BCUT2D eigenvalue weighted by Gasteiger charge is 2.65. The van der Waals surface area contributed by atoms with E-state index in [0.29, 0.717) is 107 Å². The lowest BCUT2D eigenvalue weighted by Crippen LogP contribution is -2.57. The predicted octanol–water partition coefficient (Wildman–Crippen LogP) is 9.63. The van der Waals surface area contributed by atoms with Crippen LogP contribution in [0.25, 0.3) is 0 Å². The van der Waals surface area contributed by atoms with Crippen molar-refractivity contribution in [1.29, 1.82) is 0 Å². The van der Waals surface area contributed by atoms with Crippen LogP contribution in [0.15, 0.2) is 12.2 Å². The van der Waals surface area contributed by atoms with Gasteiger partial charge in [0.15, 0.2) is 0 Å². The smallest absolute Gasteiger partial charge is 0.139 e. The van der Waals surface area contributed by atoms with Gasteiger partial charge in [-0.15, -0.1) is 0 Å². The molecule has 0 amide bonds. The predicted molar refractivity (Wildman–Crippen MR) is 189 cm³/mol. The summed E-state index contributed by atoms with van der Waals surface area (Å²) < 4.78 is 0. The van der Waals surface area contributed by atoms with E-state index in [1.54, 1.807) is 0 Å². The Morgan fingerprint density at radius 3 is 1.31 bits per heavy atom. The van der Waals surface area contributed by atoms with E-state index in [9.17, 15) is 19.2 Å². The van der Waals surface area contributed by atoms with Crippen molar-refractivity contribution >= 4 is 23.1 Å². The van der Waals surface area contributed by atoms with Gasteiger partial charge in [-0.05, 0) is 146 Å². The topological polar surface area (TPSA) is 68.3 Å². The first-order valence-electron chi connectivity index (χ1n) is 20.5. The van der Waals surface area contributed by atoms with Crippen molar-refractivity contribution in [2.75, 3.05) is 0 Å². The van der Waals surface area contributed by atoms with Crippen LogP contribution >= 0.6 is 0 Å². The SMILES string of the molecule is CC(/C=C/C(C)[C@H]1CC[C@H]2[C@@H]3CC[C@@H]4CC(=O)CC[C@]4(C)[C@H]3CC(=O)[C@]12C)[C@H]1CC[C@H]2[C@@H]3CC[C@@H]4CC(=O)CC[C@]4(C)[C@H]3CC(=O)[C@]12C. The van der Waals surface area contributed by atoms with Crippen LogP contribution < -0.4 is 0 Å². The lowest BCUT2D eigenvalue weighted by molar-refractivity contribution is -0.159. The highest BCUT2D eigenvalue weighted by molar-refractivity contribution is 5.88. The second kappa shape index (κ2) is 11.5. The van der Waals surface area contributed by atoms with Crippen LogP contribution in [0.1, 0.15) is 144 Å². The van der Waals surface area contributed by atoms with Gasteiger partial charge in [0.25, 0.3) is 0 Å². The van der Waals surface area contributed by atoms with Gasteiger partial charge in [-0.2, -0.15) is 0 Å². The number of carbonyl (C=O) groups is 4. The molecule has 0 saturated heterocycles. The summed E-state index contributed by atoms with van der Waals surface area (Å²) >= 11 is 0. The van der Waals surface area contributed by atoms with Crippen molar-refractivity contribution in [2.24, 2.45) is 92.7 Å². The standard InChI is InChI=1S/C44H64O4/c1-25(33-13-15-35-31-11-9-27-21-29(45)17-19-41(27,3)37(31)23-39(47)43(33,35)5)7-8-26(2)34-14-16-36-32-12-10-28-22-30(46)18-20-42(28,4)38(32)24-40(48)44(34,36)6/h7-8,25-28,31-38H,9-24H2,1-6H3/b8-7+/t25?,26?,27-,28-,31+,32+,33-,34-,35+,36+,37+,38+,41+,42+,43-,44-/m1/s1. The van der Waals surface area contributed by atoms with Crippen LogP contribution in [0.2, 0.25) is 0 Å². The van der Waals surface area contributed by atoms with Gasteiger partial charge in [-0.25, -0.2) is 0 Å². The van der Waals surface area contributed by atoms with Crippen LogP contribution in [-0.4, -0.2) is 23.1 Å². The molecule has 0 radical (unpaired) electrons. The molecule has 8 aliphatic rings. The second-order valence-corrected chi connectivity index (χ2v) is 20.1. The van der Waals surface area contributed by atoms with E-state index >= 15 is 0 Å². The minimum Gasteiger partial charge on any atom is -0.300 e. The molecule has 8 rings (SSSR count). The van der Waals surface area contributed by atoms with Crippen molar-refractivity contribution < 1.29 is 19.2 Å². The van der Waals surface area contributed by atoms with Crippen LogP contribution in [0, 0.1) is 92.7 Å². The quantitative estimate of drug-likeness (QED) is 0.283. The molecule has 0 N–H and O–H groups in total. The number of fused-ring (bicyclic) bond motifs is 10. The molecule has 8 aliphatic carbocycles. The van der Waals surface area contributed by atoms with Crippen LogP contribution in [0.5, 0.6) is 0 Å². The zero-order valence-corrected chi connectivity index (χ0v) is 31.0. The highest BCUT2D eigenvalue weighted by Crippen LogP contribution is 2.69. The molecular formula is C44H64O4. The largest absolute Gasteiger partial charge is 0.300 e. The number of Topliss-reactive ketones (excluding diaryl/α,β-unsaturated/α-hetero) is 4. The average Bonchev–Trinajstić information content (AvgIpc) is 3.60. The number of carbonyl (C=O) groups excluding carboxylic acids is 4. The van der Waals surface area contributed by atoms with Crippen LogP contribution in [0.4, 0.5) is 0 Å². The fourth-order valence-corrected chi connectivity index (χ4v) is 15.9. The Morgan fingerprint density at radius 2 is 0.917 bits per heavy atom. The third kappa shape index (κ3) is 4.57. The van der Waals surface area contributed by atoms with E-state index < -0.39 is 0 Å². The molecule has 0 aliphatic heterocycles. The number of hydrogen-bond acceptors (Lipinski definition) is 4. The Bertz CT molecular complexity index is 1310. The van der Waals surface area contributed by atoms with Gasteiger partial charge in [-0.3, -0.25) is 19.2 Å². The second-order valence-electron chi connectivity index (χ2n) is 20.1.